The van der Waals surface area contributed by atoms with E-state index in [9.17, 15) is 9.90 Å². The number of allylic oxidation sites excluding steroid dienone is 4. The largest absolute Gasteiger partial charge is 0.386 e. The average molecular weight is 372 g/mol. The second-order valence-corrected chi connectivity index (χ2v) is 7.89. The molecule has 1 aromatic carbocycles. The fourth-order valence-corrected chi connectivity index (χ4v) is 3.08. The highest BCUT2D eigenvalue weighted by molar-refractivity contribution is 5.78. The van der Waals surface area contributed by atoms with E-state index in [1.54, 1.807) is 11.9 Å². The van der Waals surface area contributed by atoms with Gasteiger partial charge >= 0.3 is 0 Å². The molecule has 27 heavy (non-hydrogen) atoms. The van der Waals surface area contributed by atoms with Gasteiger partial charge in [-0.1, -0.05) is 60.6 Å². The first-order valence-corrected chi connectivity index (χ1v) is 10.0. The predicted molar refractivity (Wildman–Crippen MR) is 114 cm³/mol. The summed E-state index contributed by atoms with van der Waals surface area (Å²) in [5, 5.41) is 10.6. The van der Waals surface area contributed by atoms with Crippen molar-refractivity contribution in [3.8, 4) is 0 Å². The molecule has 3 atom stereocenters. The zero-order valence-electron chi connectivity index (χ0n) is 17.9. The van der Waals surface area contributed by atoms with E-state index in [1.807, 2.05) is 44.2 Å². The van der Waals surface area contributed by atoms with E-state index >= 15 is 0 Å². The molecule has 1 amide bonds. The highest BCUT2D eigenvalue weighted by atomic mass is 16.3. The van der Waals surface area contributed by atoms with Crippen molar-refractivity contribution in [3.63, 3.8) is 0 Å². The topological polar surface area (TPSA) is 40.5 Å². The van der Waals surface area contributed by atoms with E-state index in [0.717, 1.165) is 31.2 Å². The highest BCUT2D eigenvalue weighted by Crippen LogP contribution is 2.22. The first-order chi connectivity index (χ1) is 12.7. The molecule has 0 aliphatic carbocycles. The third-order valence-electron chi connectivity index (χ3n) is 5.16. The number of amides is 1. The Morgan fingerprint density at radius 1 is 1.07 bits per heavy atom. The zero-order chi connectivity index (χ0) is 20.4. The van der Waals surface area contributed by atoms with Crippen molar-refractivity contribution in [1.82, 2.24) is 4.90 Å². The zero-order valence-corrected chi connectivity index (χ0v) is 17.9. The Morgan fingerprint density at radius 2 is 1.70 bits per heavy atom. The van der Waals surface area contributed by atoms with Crippen LogP contribution in [0.2, 0.25) is 0 Å². The molecule has 3 heteroatoms. The van der Waals surface area contributed by atoms with Gasteiger partial charge in [0.05, 0.1) is 12.1 Å². The van der Waals surface area contributed by atoms with Crippen LogP contribution < -0.4 is 0 Å². The second kappa shape index (κ2) is 11.8. The van der Waals surface area contributed by atoms with E-state index < -0.39 is 6.10 Å². The summed E-state index contributed by atoms with van der Waals surface area (Å²) >= 11 is 0. The van der Waals surface area contributed by atoms with Crippen LogP contribution >= 0.6 is 0 Å². The fraction of sp³-hybridized carbons (Fsp3) is 0.542. The van der Waals surface area contributed by atoms with E-state index in [0.29, 0.717) is 0 Å². The van der Waals surface area contributed by atoms with Crippen LogP contribution in [-0.4, -0.2) is 29.0 Å². The quantitative estimate of drug-likeness (QED) is 0.538. The lowest BCUT2D eigenvalue weighted by molar-refractivity contribution is -0.138. The second-order valence-electron chi connectivity index (χ2n) is 7.89. The fourth-order valence-electron chi connectivity index (χ4n) is 3.08. The van der Waals surface area contributed by atoms with Crippen LogP contribution in [0, 0.1) is 5.92 Å². The van der Waals surface area contributed by atoms with Crippen molar-refractivity contribution < 1.29 is 9.90 Å². The SMILES string of the molecule is CC(C)=CCC/C(C)=C/CC[C@@H](C)C(=O)N(C)[C@@H](C)[C@@H](O)c1ccccc1. The van der Waals surface area contributed by atoms with Gasteiger partial charge in [-0.05, 0) is 58.9 Å². The number of nitrogens with zero attached hydrogens (tertiary/aromatic N) is 1. The third kappa shape index (κ3) is 8.13. The minimum absolute atomic E-state index is 0.0535. The van der Waals surface area contributed by atoms with Crippen LogP contribution in [0.5, 0.6) is 0 Å². The molecule has 0 radical (unpaired) electrons. The molecule has 0 unspecified atom stereocenters. The Kier molecular flexibility index (Phi) is 10.1. The predicted octanol–water partition coefficient (Wildman–Crippen LogP) is 5.68. The van der Waals surface area contributed by atoms with Gasteiger partial charge in [-0.15, -0.1) is 0 Å². The number of rotatable bonds is 10. The lowest BCUT2D eigenvalue weighted by Gasteiger charge is -2.31. The average Bonchev–Trinajstić information content (AvgIpc) is 2.65. The van der Waals surface area contributed by atoms with Crippen LogP contribution in [-0.2, 0) is 4.79 Å². The first kappa shape index (κ1) is 23.2. The molecule has 0 aliphatic rings. The molecule has 1 N–H and O–H groups in total. The van der Waals surface area contributed by atoms with E-state index in [4.69, 9.17) is 0 Å². The number of carbonyl (C=O) groups excluding carboxylic acids is 1. The molecule has 0 saturated carbocycles. The molecule has 1 aromatic rings. The number of benzene rings is 1. The van der Waals surface area contributed by atoms with Crippen molar-refractivity contribution in [2.24, 2.45) is 5.92 Å². The van der Waals surface area contributed by atoms with Gasteiger partial charge in [-0.2, -0.15) is 0 Å². The molecule has 0 bridgehead atoms. The maximum absolute atomic E-state index is 12.7. The molecule has 3 nitrogen and oxygen atoms in total. The van der Waals surface area contributed by atoms with E-state index in [2.05, 4.69) is 32.9 Å². The molecular weight excluding hydrogens is 334 g/mol. The van der Waals surface area contributed by atoms with Crippen molar-refractivity contribution >= 4 is 5.91 Å². The minimum Gasteiger partial charge on any atom is -0.386 e. The summed E-state index contributed by atoms with van der Waals surface area (Å²) < 4.78 is 0. The van der Waals surface area contributed by atoms with Crippen LogP contribution in [0.25, 0.3) is 0 Å². The summed E-state index contributed by atoms with van der Waals surface area (Å²) in [6.45, 7) is 10.3. The van der Waals surface area contributed by atoms with Crippen molar-refractivity contribution in [2.75, 3.05) is 7.05 Å². The number of aliphatic hydroxyl groups excluding tert-OH is 1. The van der Waals surface area contributed by atoms with Crippen LogP contribution in [0.1, 0.15) is 72.0 Å². The minimum atomic E-state index is -0.676. The molecule has 0 spiro atoms. The smallest absolute Gasteiger partial charge is 0.225 e. The number of likely N-dealkylation sites (N-methyl/N-ethyl adjacent to an activating group) is 1. The molecule has 0 aromatic heterocycles. The van der Waals surface area contributed by atoms with Gasteiger partial charge in [-0.3, -0.25) is 4.79 Å². The normalized spacial score (nSPS) is 15.0. The summed E-state index contributed by atoms with van der Waals surface area (Å²) in [5.41, 5.74) is 3.58. The maximum atomic E-state index is 12.7. The molecule has 0 heterocycles. The van der Waals surface area contributed by atoms with Gasteiger partial charge in [0.15, 0.2) is 0 Å². The highest BCUT2D eigenvalue weighted by Gasteiger charge is 2.26. The van der Waals surface area contributed by atoms with Gasteiger partial charge in [-0.25, -0.2) is 0 Å². The lowest BCUT2D eigenvalue weighted by atomic mass is 9.98. The molecule has 1 rings (SSSR count). The Hall–Kier alpha value is -1.87. The number of hydrogen-bond acceptors (Lipinski definition) is 2. The van der Waals surface area contributed by atoms with E-state index in [1.165, 1.54) is 11.1 Å². The summed E-state index contributed by atoms with van der Waals surface area (Å²) in [4.78, 5) is 14.4. The lowest BCUT2D eigenvalue weighted by Crippen LogP contribution is -2.41. The Bertz CT molecular complexity index is 629. The monoisotopic (exact) mass is 371 g/mol. The third-order valence-corrected chi connectivity index (χ3v) is 5.16. The molecular formula is C24H37NO2. The molecule has 0 aliphatic heterocycles. The summed E-state index contributed by atoms with van der Waals surface area (Å²) in [6.07, 6.45) is 7.74. The first-order valence-electron chi connectivity index (χ1n) is 10.0. The number of carbonyl (C=O) groups is 1. The van der Waals surface area contributed by atoms with Gasteiger partial charge < -0.3 is 10.0 Å². The standard InChI is InChI=1S/C24H37NO2/c1-18(2)12-10-13-19(3)14-11-15-20(4)24(27)25(6)21(5)23(26)22-16-8-7-9-17-22/h7-9,12,14,16-17,20-21,23,26H,10-11,13,15H2,1-6H3/b19-14+/t20-,21+,23-/m1/s1. The Morgan fingerprint density at radius 3 is 2.30 bits per heavy atom. The van der Waals surface area contributed by atoms with Crippen molar-refractivity contribution in [2.45, 2.75) is 72.4 Å². The Labute approximate surface area is 165 Å². The number of aliphatic hydroxyl groups is 1. The van der Waals surface area contributed by atoms with Crippen LogP contribution in [0.4, 0.5) is 0 Å². The van der Waals surface area contributed by atoms with Gasteiger partial charge in [0.25, 0.3) is 0 Å². The van der Waals surface area contributed by atoms with Crippen LogP contribution in [0.15, 0.2) is 53.6 Å². The van der Waals surface area contributed by atoms with Crippen molar-refractivity contribution in [3.05, 3.63) is 59.2 Å². The molecule has 0 fully saturated rings. The van der Waals surface area contributed by atoms with E-state index in [-0.39, 0.29) is 17.9 Å². The summed E-state index contributed by atoms with van der Waals surface area (Å²) in [7, 11) is 1.79. The summed E-state index contributed by atoms with van der Waals surface area (Å²) in [6, 6.07) is 9.26. The summed E-state index contributed by atoms with van der Waals surface area (Å²) in [5.74, 6) is 0.0373. The molecule has 0 saturated heterocycles. The van der Waals surface area contributed by atoms with Crippen LogP contribution in [0.3, 0.4) is 0 Å². The van der Waals surface area contributed by atoms with Crippen molar-refractivity contribution in [1.29, 1.82) is 0 Å². The molecule has 150 valence electrons. The van der Waals surface area contributed by atoms with Gasteiger partial charge in [0.2, 0.25) is 5.91 Å². The van der Waals surface area contributed by atoms with Gasteiger partial charge in [0, 0.05) is 13.0 Å². The number of hydrogen-bond donors (Lipinski definition) is 1. The maximum Gasteiger partial charge on any atom is 0.225 e. The van der Waals surface area contributed by atoms with Gasteiger partial charge in [0.1, 0.15) is 0 Å². The Balaban J connectivity index is 2.51.